The number of likely N-dealkylation sites (tertiary alicyclic amines) is 1. The molecule has 2 rings (SSSR count). The SMILES string of the molecule is CC(C)N1CCC(CN)(N(C)Cc2cnn(C)c2)CC1. The van der Waals surface area contributed by atoms with Gasteiger partial charge < -0.3 is 10.6 Å². The van der Waals surface area contributed by atoms with E-state index in [9.17, 15) is 0 Å². The van der Waals surface area contributed by atoms with Crippen molar-refractivity contribution >= 4 is 0 Å². The lowest BCUT2D eigenvalue weighted by atomic mass is 9.85. The number of nitrogens with two attached hydrogens (primary N) is 1. The summed E-state index contributed by atoms with van der Waals surface area (Å²) in [5, 5.41) is 4.25. The van der Waals surface area contributed by atoms with E-state index in [0.29, 0.717) is 6.04 Å². The van der Waals surface area contributed by atoms with Gasteiger partial charge in [-0.05, 0) is 33.7 Å². The van der Waals surface area contributed by atoms with Gasteiger partial charge in [0.25, 0.3) is 0 Å². The first kappa shape index (κ1) is 15.5. The Hall–Kier alpha value is -0.910. The molecule has 20 heavy (non-hydrogen) atoms. The third-order valence-corrected chi connectivity index (χ3v) is 4.83. The van der Waals surface area contributed by atoms with Crippen LogP contribution < -0.4 is 5.73 Å². The van der Waals surface area contributed by atoms with Crippen LogP contribution in [0.1, 0.15) is 32.3 Å². The summed E-state index contributed by atoms with van der Waals surface area (Å²) in [4.78, 5) is 4.98. The Balaban J connectivity index is 2.00. The largest absolute Gasteiger partial charge is 0.329 e. The number of aromatic nitrogens is 2. The molecule has 1 fully saturated rings. The van der Waals surface area contributed by atoms with E-state index < -0.39 is 0 Å². The van der Waals surface area contributed by atoms with Crippen LogP contribution in [0.3, 0.4) is 0 Å². The van der Waals surface area contributed by atoms with Crippen LogP contribution in [0.2, 0.25) is 0 Å². The molecule has 0 unspecified atom stereocenters. The van der Waals surface area contributed by atoms with Crippen LogP contribution in [0, 0.1) is 0 Å². The second kappa shape index (κ2) is 6.24. The van der Waals surface area contributed by atoms with E-state index >= 15 is 0 Å². The van der Waals surface area contributed by atoms with Crippen LogP contribution >= 0.6 is 0 Å². The predicted octanol–water partition coefficient (Wildman–Crippen LogP) is 1.05. The zero-order valence-corrected chi connectivity index (χ0v) is 13.3. The van der Waals surface area contributed by atoms with Crippen LogP contribution in [0.15, 0.2) is 12.4 Å². The van der Waals surface area contributed by atoms with Gasteiger partial charge in [0.15, 0.2) is 0 Å². The van der Waals surface area contributed by atoms with Crippen molar-refractivity contribution < 1.29 is 0 Å². The molecular weight excluding hydrogens is 250 g/mol. The molecule has 1 saturated heterocycles. The first-order valence-corrected chi connectivity index (χ1v) is 7.60. The monoisotopic (exact) mass is 279 g/mol. The Morgan fingerprint density at radius 2 is 2.05 bits per heavy atom. The van der Waals surface area contributed by atoms with Gasteiger partial charge in [0, 0.05) is 56.6 Å². The van der Waals surface area contributed by atoms with Crippen molar-refractivity contribution in [2.45, 2.75) is 44.8 Å². The Kier molecular flexibility index (Phi) is 4.83. The molecule has 0 amide bonds. The average Bonchev–Trinajstić information content (AvgIpc) is 2.84. The van der Waals surface area contributed by atoms with Gasteiger partial charge in [-0.15, -0.1) is 0 Å². The van der Waals surface area contributed by atoms with Crippen molar-refractivity contribution in [3.05, 3.63) is 18.0 Å². The van der Waals surface area contributed by atoms with E-state index in [2.05, 4.69) is 42.0 Å². The van der Waals surface area contributed by atoms with E-state index in [1.165, 1.54) is 5.56 Å². The van der Waals surface area contributed by atoms with Gasteiger partial charge in [-0.1, -0.05) is 0 Å². The van der Waals surface area contributed by atoms with Crippen molar-refractivity contribution in [1.82, 2.24) is 19.6 Å². The summed E-state index contributed by atoms with van der Waals surface area (Å²) < 4.78 is 1.86. The highest BCUT2D eigenvalue weighted by atomic mass is 15.3. The molecular formula is C15H29N5. The summed E-state index contributed by atoms with van der Waals surface area (Å²) >= 11 is 0. The average molecular weight is 279 g/mol. The van der Waals surface area contributed by atoms with Gasteiger partial charge in [0.05, 0.1) is 6.20 Å². The second-order valence-electron chi connectivity index (χ2n) is 6.44. The lowest BCUT2D eigenvalue weighted by molar-refractivity contribution is 0.0298. The first-order chi connectivity index (χ1) is 9.47. The maximum atomic E-state index is 6.14. The van der Waals surface area contributed by atoms with E-state index in [4.69, 9.17) is 5.73 Å². The van der Waals surface area contributed by atoms with E-state index in [1.54, 1.807) is 0 Å². The lowest BCUT2D eigenvalue weighted by Crippen LogP contribution is -2.58. The molecule has 0 aromatic carbocycles. The van der Waals surface area contributed by atoms with Gasteiger partial charge >= 0.3 is 0 Å². The van der Waals surface area contributed by atoms with Gasteiger partial charge in [-0.2, -0.15) is 5.10 Å². The number of piperidine rings is 1. The van der Waals surface area contributed by atoms with Gasteiger partial charge in [0.2, 0.25) is 0 Å². The minimum atomic E-state index is 0.140. The topological polar surface area (TPSA) is 50.3 Å². The molecule has 0 aliphatic carbocycles. The van der Waals surface area contributed by atoms with Crippen molar-refractivity contribution in [1.29, 1.82) is 0 Å². The molecule has 114 valence electrons. The zero-order valence-electron chi connectivity index (χ0n) is 13.3. The van der Waals surface area contributed by atoms with Crippen molar-refractivity contribution in [3.63, 3.8) is 0 Å². The molecule has 0 spiro atoms. The molecule has 5 nitrogen and oxygen atoms in total. The molecule has 1 aliphatic heterocycles. The van der Waals surface area contributed by atoms with E-state index in [-0.39, 0.29) is 5.54 Å². The van der Waals surface area contributed by atoms with E-state index in [0.717, 1.165) is 39.0 Å². The van der Waals surface area contributed by atoms with Crippen LogP contribution in [-0.4, -0.2) is 57.8 Å². The number of likely N-dealkylation sites (N-methyl/N-ethyl adjacent to an activating group) is 1. The molecule has 0 saturated carbocycles. The number of nitrogens with zero attached hydrogens (tertiary/aromatic N) is 4. The van der Waals surface area contributed by atoms with Crippen molar-refractivity contribution in [2.75, 3.05) is 26.7 Å². The molecule has 0 atom stereocenters. The highest BCUT2D eigenvalue weighted by Gasteiger charge is 2.37. The summed E-state index contributed by atoms with van der Waals surface area (Å²) in [6.07, 6.45) is 6.34. The molecule has 1 aromatic rings. The Bertz CT molecular complexity index is 418. The third-order valence-electron chi connectivity index (χ3n) is 4.83. The fraction of sp³-hybridized carbons (Fsp3) is 0.800. The van der Waals surface area contributed by atoms with Gasteiger partial charge in [0.1, 0.15) is 0 Å². The number of hydrogen-bond donors (Lipinski definition) is 1. The van der Waals surface area contributed by atoms with Gasteiger partial charge in [-0.25, -0.2) is 0 Å². The summed E-state index contributed by atoms with van der Waals surface area (Å²) in [5.74, 6) is 0. The standard InChI is InChI=1S/C15H29N5/c1-13(2)20-7-5-15(12-16,6-8-20)18(3)10-14-9-17-19(4)11-14/h9,11,13H,5-8,10,12,16H2,1-4H3. The fourth-order valence-corrected chi connectivity index (χ4v) is 3.19. The molecule has 2 heterocycles. The maximum Gasteiger partial charge on any atom is 0.0534 e. The molecule has 0 radical (unpaired) electrons. The van der Waals surface area contributed by atoms with Gasteiger partial charge in [-0.3, -0.25) is 9.58 Å². The Morgan fingerprint density at radius 1 is 1.40 bits per heavy atom. The van der Waals surface area contributed by atoms with Crippen LogP contribution in [0.4, 0.5) is 0 Å². The Morgan fingerprint density at radius 3 is 2.50 bits per heavy atom. The molecule has 0 bridgehead atoms. The molecule has 1 aliphatic rings. The van der Waals surface area contributed by atoms with Crippen LogP contribution in [0.25, 0.3) is 0 Å². The second-order valence-corrected chi connectivity index (χ2v) is 6.44. The maximum absolute atomic E-state index is 6.14. The number of rotatable bonds is 5. The summed E-state index contributed by atoms with van der Waals surface area (Å²) in [6.45, 7) is 8.49. The quantitative estimate of drug-likeness (QED) is 0.875. The Labute approximate surface area is 122 Å². The zero-order chi connectivity index (χ0) is 14.8. The smallest absolute Gasteiger partial charge is 0.0534 e. The fourth-order valence-electron chi connectivity index (χ4n) is 3.19. The molecule has 1 aromatic heterocycles. The van der Waals surface area contributed by atoms with Crippen molar-refractivity contribution in [2.24, 2.45) is 12.8 Å². The van der Waals surface area contributed by atoms with Crippen LogP contribution in [0.5, 0.6) is 0 Å². The summed E-state index contributed by atoms with van der Waals surface area (Å²) in [7, 11) is 4.16. The van der Waals surface area contributed by atoms with E-state index in [1.807, 2.05) is 17.9 Å². The lowest BCUT2D eigenvalue weighted by Gasteiger charge is -2.48. The minimum Gasteiger partial charge on any atom is -0.329 e. The highest BCUT2D eigenvalue weighted by Crippen LogP contribution is 2.29. The normalized spacial score (nSPS) is 19.9. The number of aryl methyl sites for hydroxylation is 1. The first-order valence-electron chi connectivity index (χ1n) is 7.60. The minimum absolute atomic E-state index is 0.140. The molecule has 2 N–H and O–H groups in total. The van der Waals surface area contributed by atoms with Crippen molar-refractivity contribution in [3.8, 4) is 0 Å². The third kappa shape index (κ3) is 3.22. The highest BCUT2D eigenvalue weighted by molar-refractivity contribution is 5.06. The molecule has 5 heteroatoms. The summed E-state index contributed by atoms with van der Waals surface area (Å²) in [5.41, 5.74) is 7.54. The van der Waals surface area contributed by atoms with Crippen LogP contribution in [-0.2, 0) is 13.6 Å². The predicted molar refractivity (Wildman–Crippen MR) is 82.4 cm³/mol. The summed E-state index contributed by atoms with van der Waals surface area (Å²) in [6, 6.07) is 0.634. The number of hydrogen-bond acceptors (Lipinski definition) is 4.